The SMILES string of the molecule is COc1ccc(C=CCCCCCCCC(=O)NC(CC(=O)OCc2ccccc2)CN(C)C)cc1. The lowest BCUT2D eigenvalue weighted by Crippen LogP contribution is -2.43. The molecule has 6 heteroatoms. The van der Waals surface area contributed by atoms with E-state index in [4.69, 9.17) is 9.47 Å². The van der Waals surface area contributed by atoms with Crippen LogP contribution in [0.4, 0.5) is 0 Å². The fraction of sp³-hybridized carbons (Fsp3) is 0.467. The second-order valence-corrected chi connectivity index (χ2v) is 9.36. The van der Waals surface area contributed by atoms with E-state index in [0.29, 0.717) is 13.0 Å². The molecule has 0 aliphatic heterocycles. The predicted molar refractivity (Wildman–Crippen MR) is 146 cm³/mol. The lowest BCUT2D eigenvalue weighted by molar-refractivity contribution is -0.145. The molecule has 0 aliphatic carbocycles. The highest BCUT2D eigenvalue weighted by atomic mass is 16.5. The highest BCUT2D eigenvalue weighted by molar-refractivity contribution is 5.77. The van der Waals surface area contributed by atoms with Crippen LogP contribution in [0, 0.1) is 0 Å². The molecule has 196 valence electrons. The van der Waals surface area contributed by atoms with E-state index in [9.17, 15) is 9.59 Å². The number of hydrogen-bond donors (Lipinski definition) is 1. The van der Waals surface area contributed by atoms with E-state index in [1.807, 2.05) is 61.5 Å². The van der Waals surface area contributed by atoms with E-state index in [-0.39, 0.29) is 30.9 Å². The van der Waals surface area contributed by atoms with Gasteiger partial charge in [-0.15, -0.1) is 0 Å². The van der Waals surface area contributed by atoms with Gasteiger partial charge >= 0.3 is 5.97 Å². The fourth-order valence-corrected chi connectivity index (χ4v) is 3.91. The van der Waals surface area contributed by atoms with Crippen LogP contribution in [0.3, 0.4) is 0 Å². The second-order valence-electron chi connectivity index (χ2n) is 9.36. The molecule has 36 heavy (non-hydrogen) atoms. The summed E-state index contributed by atoms with van der Waals surface area (Å²) in [5, 5.41) is 3.02. The zero-order valence-electron chi connectivity index (χ0n) is 22.1. The minimum absolute atomic E-state index is 0.000124. The summed E-state index contributed by atoms with van der Waals surface area (Å²) in [6.07, 6.45) is 11.4. The molecule has 0 bridgehead atoms. The number of nitrogens with one attached hydrogen (secondary N) is 1. The minimum atomic E-state index is -0.299. The van der Waals surface area contributed by atoms with Gasteiger partial charge in [0.15, 0.2) is 0 Å². The molecule has 1 amide bonds. The van der Waals surface area contributed by atoms with Gasteiger partial charge in [0.2, 0.25) is 5.91 Å². The maximum Gasteiger partial charge on any atom is 0.308 e. The molecule has 0 aliphatic rings. The predicted octanol–water partition coefficient (Wildman–Crippen LogP) is 5.62. The van der Waals surface area contributed by atoms with Crippen LogP contribution in [0.5, 0.6) is 5.75 Å². The van der Waals surface area contributed by atoms with Gasteiger partial charge in [-0.05, 0) is 56.6 Å². The van der Waals surface area contributed by atoms with Crippen molar-refractivity contribution in [1.82, 2.24) is 10.2 Å². The molecule has 1 atom stereocenters. The van der Waals surface area contributed by atoms with Crippen LogP contribution in [-0.2, 0) is 20.9 Å². The van der Waals surface area contributed by atoms with Crippen LogP contribution in [0.1, 0.15) is 62.5 Å². The van der Waals surface area contributed by atoms with Crippen molar-refractivity contribution in [3.63, 3.8) is 0 Å². The van der Waals surface area contributed by atoms with Crippen LogP contribution in [0.2, 0.25) is 0 Å². The number of amides is 1. The normalized spacial score (nSPS) is 12.0. The number of hydrogen-bond acceptors (Lipinski definition) is 5. The van der Waals surface area contributed by atoms with Crippen molar-refractivity contribution in [3.05, 3.63) is 71.8 Å². The Kier molecular flexibility index (Phi) is 14.0. The Morgan fingerprint density at radius 1 is 0.944 bits per heavy atom. The molecule has 0 saturated carbocycles. The van der Waals surface area contributed by atoms with Crippen LogP contribution < -0.4 is 10.1 Å². The number of allylic oxidation sites excluding steroid dienone is 1. The number of likely N-dealkylation sites (N-methyl/N-ethyl adjacent to an activating group) is 1. The Morgan fingerprint density at radius 3 is 2.33 bits per heavy atom. The lowest BCUT2D eigenvalue weighted by Gasteiger charge is -2.22. The molecule has 2 aromatic rings. The summed E-state index contributed by atoms with van der Waals surface area (Å²) < 4.78 is 10.6. The van der Waals surface area contributed by atoms with Gasteiger partial charge < -0.3 is 19.7 Å². The van der Waals surface area contributed by atoms with Crippen molar-refractivity contribution in [1.29, 1.82) is 0 Å². The Bertz CT molecular complexity index is 910. The van der Waals surface area contributed by atoms with E-state index in [2.05, 4.69) is 29.6 Å². The van der Waals surface area contributed by atoms with Gasteiger partial charge in [-0.1, -0.05) is 73.9 Å². The number of nitrogens with zero attached hydrogens (tertiary/aromatic N) is 1. The highest BCUT2D eigenvalue weighted by Gasteiger charge is 2.18. The molecule has 2 rings (SSSR count). The van der Waals surface area contributed by atoms with E-state index in [1.165, 1.54) is 5.56 Å². The molecule has 1 N–H and O–H groups in total. The average Bonchev–Trinajstić information content (AvgIpc) is 2.87. The first-order valence-electron chi connectivity index (χ1n) is 12.9. The monoisotopic (exact) mass is 494 g/mol. The van der Waals surface area contributed by atoms with Gasteiger partial charge in [0.1, 0.15) is 12.4 Å². The highest BCUT2D eigenvalue weighted by Crippen LogP contribution is 2.14. The van der Waals surface area contributed by atoms with Gasteiger partial charge in [0.05, 0.1) is 19.6 Å². The van der Waals surface area contributed by atoms with Gasteiger partial charge in [-0.3, -0.25) is 9.59 Å². The quantitative estimate of drug-likeness (QED) is 0.228. The molecule has 6 nitrogen and oxygen atoms in total. The number of esters is 1. The lowest BCUT2D eigenvalue weighted by atomic mass is 10.1. The summed E-state index contributed by atoms with van der Waals surface area (Å²) in [6.45, 7) is 0.843. The molecule has 0 heterocycles. The number of benzene rings is 2. The van der Waals surface area contributed by atoms with E-state index < -0.39 is 0 Å². The topological polar surface area (TPSA) is 67.9 Å². The molecular formula is C30H42N2O4. The van der Waals surface area contributed by atoms with Crippen molar-refractivity contribution in [2.45, 2.75) is 64.0 Å². The Labute approximate surface area is 216 Å². The van der Waals surface area contributed by atoms with Gasteiger partial charge in [0.25, 0.3) is 0 Å². The molecule has 0 spiro atoms. The van der Waals surface area contributed by atoms with Crippen molar-refractivity contribution >= 4 is 18.0 Å². The first kappa shape index (κ1) is 29.1. The van der Waals surface area contributed by atoms with Crippen LogP contribution in [0.15, 0.2) is 60.7 Å². The first-order chi connectivity index (χ1) is 17.5. The molecule has 2 aromatic carbocycles. The molecular weight excluding hydrogens is 452 g/mol. The Hall–Kier alpha value is -3.12. The number of ether oxygens (including phenoxy) is 2. The number of unbranched alkanes of at least 4 members (excludes halogenated alkanes) is 5. The fourth-order valence-electron chi connectivity index (χ4n) is 3.91. The first-order valence-corrected chi connectivity index (χ1v) is 12.9. The van der Waals surface area contributed by atoms with Crippen molar-refractivity contribution < 1.29 is 19.1 Å². The summed E-state index contributed by atoms with van der Waals surface area (Å²) in [5.74, 6) is 0.572. The summed E-state index contributed by atoms with van der Waals surface area (Å²) in [7, 11) is 5.54. The number of carbonyl (C=O) groups is 2. The number of rotatable bonds is 17. The van der Waals surface area contributed by atoms with Gasteiger partial charge in [-0.2, -0.15) is 0 Å². The standard InChI is InChI=1S/C30H42N2O4/c1-32(2)23-27(22-30(34)36-24-26-15-11-9-12-16-26)31-29(33)17-13-8-6-4-5-7-10-14-25-18-20-28(35-3)21-19-25/h9-12,14-16,18-21,27H,4-8,13,17,22-24H2,1-3H3,(H,31,33). The maximum absolute atomic E-state index is 12.4. The zero-order chi connectivity index (χ0) is 26.0. The summed E-state index contributed by atoms with van der Waals surface area (Å²) >= 11 is 0. The smallest absolute Gasteiger partial charge is 0.308 e. The van der Waals surface area contributed by atoms with Gasteiger partial charge in [0, 0.05) is 13.0 Å². The largest absolute Gasteiger partial charge is 0.497 e. The Morgan fingerprint density at radius 2 is 1.64 bits per heavy atom. The number of carbonyl (C=O) groups excluding carboxylic acids is 2. The van der Waals surface area contributed by atoms with E-state index in [0.717, 1.165) is 49.8 Å². The van der Waals surface area contributed by atoms with Gasteiger partial charge in [-0.25, -0.2) is 0 Å². The number of methoxy groups -OCH3 is 1. The molecule has 1 unspecified atom stereocenters. The zero-order valence-corrected chi connectivity index (χ0v) is 22.1. The third-order valence-corrected chi connectivity index (χ3v) is 5.81. The van der Waals surface area contributed by atoms with Crippen LogP contribution in [0.25, 0.3) is 6.08 Å². The van der Waals surface area contributed by atoms with Crippen molar-refractivity contribution in [2.75, 3.05) is 27.7 Å². The third-order valence-electron chi connectivity index (χ3n) is 5.81. The molecule has 0 fully saturated rings. The van der Waals surface area contributed by atoms with Crippen molar-refractivity contribution in [3.8, 4) is 5.75 Å². The van der Waals surface area contributed by atoms with Crippen LogP contribution >= 0.6 is 0 Å². The maximum atomic E-state index is 12.4. The molecule has 0 radical (unpaired) electrons. The van der Waals surface area contributed by atoms with E-state index in [1.54, 1.807) is 7.11 Å². The second kappa shape index (κ2) is 17.3. The minimum Gasteiger partial charge on any atom is -0.497 e. The van der Waals surface area contributed by atoms with Crippen molar-refractivity contribution in [2.24, 2.45) is 0 Å². The van der Waals surface area contributed by atoms with E-state index >= 15 is 0 Å². The third kappa shape index (κ3) is 13.1. The van der Waals surface area contributed by atoms with Crippen LogP contribution in [-0.4, -0.2) is 50.6 Å². The summed E-state index contributed by atoms with van der Waals surface area (Å²) in [6, 6.07) is 17.4. The average molecular weight is 495 g/mol. The summed E-state index contributed by atoms with van der Waals surface area (Å²) in [5.41, 5.74) is 2.13. The molecule has 0 saturated heterocycles. The Balaban J connectivity index is 1.57. The summed E-state index contributed by atoms with van der Waals surface area (Å²) in [4.78, 5) is 26.7. The molecule has 0 aromatic heterocycles.